The Morgan fingerprint density at radius 1 is 1.17 bits per heavy atom. The molecule has 0 saturated heterocycles. The first-order valence-corrected chi connectivity index (χ1v) is 5.31. The first-order valence-electron chi connectivity index (χ1n) is 5.31. The fraction of sp³-hybridized carbons (Fsp3) is 1.00. The van der Waals surface area contributed by atoms with Gasteiger partial charge in [-0.15, -0.1) is 0 Å². The largest absolute Gasteiger partial charge is 0.317 e. The van der Waals surface area contributed by atoms with E-state index in [2.05, 4.69) is 39.9 Å². The second-order valence-corrected chi connectivity index (χ2v) is 4.07. The van der Waals surface area contributed by atoms with Crippen molar-refractivity contribution < 1.29 is 0 Å². The zero-order chi connectivity index (χ0) is 9.61. The third-order valence-electron chi connectivity index (χ3n) is 3.51. The van der Waals surface area contributed by atoms with Gasteiger partial charge in [-0.2, -0.15) is 0 Å². The summed E-state index contributed by atoms with van der Waals surface area (Å²) in [7, 11) is 0. The lowest BCUT2D eigenvalue weighted by Crippen LogP contribution is -2.32. The molecule has 0 aromatic rings. The molecule has 0 fully saturated rings. The first kappa shape index (κ1) is 12.0. The van der Waals surface area contributed by atoms with Crippen LogP contribution in [-0.4, -0.2) is 13.1 Å². The van der Waals surface area contributed by atoms with E-state index in [1.807, 2.05) is 0 Å². The van der Waals surface area contributed by atoms with Crippen LogP contribution in [-0.2, 0) is 0 Å². The van der Waals surface area contributed by atoms with Crippen molar-refractivity contribution in [3.8, 4) is 0 Å². The molecule has 0 heterocycles. The second-order valence-electron chi connectivity index (χ2n) is 4.07. The van der Waals surface area contributed by atoms with Gasteiger partial charge in [-0.1, -0.05) is 47.5 Å². The smallest absolute Gasteiger partial charge is 0.00181 e. The van der Waals surface area contributed by atoms with E-state index in [9.17, 15) is 0 Å². The fourth-order valence-corrected chi connectivity index (χ4v) is 1.55. The molecule has 0 bridgehead atoms. The molecule has 1 atom stereocenters. The van der Waals surface area contributed by atoms with Gasteiger partial charge in [-0.25, -0.2) is 0 Å². The van der Waals surface area contributed by atoms with Crippen LogP contribution in [0.2, 0.25) is 0 Å². The Labute approximate surface area is 77.9 Å². The summed E-state index contributed by atoms with van der Waals surface area (Å²) in [5.41, 5.74) is 0.530. The lowest BCUT2D eigenvalue weighted by molar-refractivity contribution is 0.180. The van der Waals surface area contributed by atoms with Gasteiger partial charge in [0.1, 0.15) is 0 Å². The highest BCUT2D eigenvalue weighted by Crippen LogP contribution is 2.33. The molecule has 0 radical (unpaired) electrons. The van der Waals surface area contributed by atoms with Crippen LogP contribution in [0.4, 0.5) is 0 Å². The van der Waals surface area contributed by atoms with E-state index in [0.717, 1.165) is 19.0 Å². The highest BCUT2D eigenvalue weighted by Gasteiger charge is 2.26. The van der Waals surface area contributed by atoms with Crippen LogP contribution in [0.25, 0.3) is 0 Å². The van der Waals surface area contributed by atoms with Crippen molar-refractivity contribution >= 4 is 0 Å². The van der Waals surface area contributed by atoms with Gasteiger partial charge in [-0.05, 0) is 24.4 Å². The molecule has 0 aromatic carbocycles. The van der Waals surface area contributed by atoms with Gasteiger partial charge in [0.05, 0.1) is 0 Å². The number of hydrogen-bond donors (Lipinski definition) is 1. The van der Waals surface area contributed by atoms with Gasteiger partial charge in [0.25, 0.3) is 0 Å². The van der Waals surface area contributed by atoms with Gasteiger partial charge in [0.15, 0.2) is 0 Å². The van der Waals surface area contributed by atoms with Crippen molar-refractivity contribution in [2.45, 2.75) is 47.5 Å². The van der Waals surface area contributed by atoms with Crippen LogP contribution in [0, 0.1) is 11.3 Å². The average molecular weight is 171 g/mol. The molecule has 0 aliphatic heterocycles. The summed E-state index contributed by atoms with van der Waals surface area (Å²) in [6, 6.07) is 0. The van der Waals surface area contributed by atoms with E-state index in [0.29, 0.717) is 5.41 Å². The molecule has 0 rings (SSSR count). The third kappa shape index (κ3) is 3.14. The SMILES string of the molecule is CCNCC(C)C(C)(CC)CC. The van der Waals surface area contributed by atoms with Crippen LogP contribution in [0.5, 0.6) is 0 Å². The molecular formula is C11H25N. The molecule has 74 valence electrons. The van der Waals surface area contributed by atoms with Gasteiger partial charge in [0.2, 0.25) is 0 Å². The lowest BCUT2D eigenvalue weighted by atomic mass is 9.74. The average Bonchev–Trinajstić information content (AvgIpc) is 2.12. The number of hydrogen-bond acceptors (Lipinski definition) is 1. The van der Waals surface area contributed by atoms with E-state index in [4.69, 9.17) is 0 Å². The van der Waals surface area contributed by atoms with Crippen molar-refractivity contribution in [1.82, 2.24) is 5.32 Å². The summed E-state index contributed by atoms with van der Waals surface area (Å²) in [6.45, 7) is 13.8. The van der Waals surface area contributed by atoms with E-state index >= 15 is 0 Å². The summed E-state index contributed by atoms with van der Waals surface area (Å²) in [5.74, 6) is 0.785. The lowest BCUT2D eigenvalue weighted by Gasteiger charge is -2.34. The van der Waals surface area contributed by atoms with E-state index < -0.39 is 0 Å². The molecule has 1 unspecified atom stereocenters. The topological polar surface area (TPSA) is 12.0 Å². The molecule has 12 heavy (non-hydrogen) atoms. The molecule has 1 heteroatoms. The Kier molecular flexibility index (Phi) is 5.56. The van der Waals surface area contributed by atoms with Crippen molar-refractivity contribution in [2.75, 3.05) is 13.1 Å². The summed E-state index contributed by atoms with van der Waals surface area (Å²) in [6.07, 6.45) is 2.58. The summed E-state index contributed by atoms with van der Waals surface area (Å²) in [5, 5.41) is 3.42. The van der Waals surface area contributed by atoms with Crippen molar-refractivity contribution in [1.29, 1.82) is 0 Å². The zero-order valence-corrected chi connectivity index (χ0v) is 9.41. The fourth-order valence-electron chi connectivity index (χ4n) is 1.55. The maximum absolute atomic E-state index is 3.42. The van der Waals surface area contributed by atoms with Crippen LogP contribution < -0.4 is 5.32 Å². The van der Waals surface area contributed by atoms with Crippen LogP contribution in [0.1, 0.15) is 47.5 Å². The molecule has 0 saturated carbocycles. The van der Waals surface area contributed by atoms with E-state index in [1.54, 1.807) is 0 Å². The number of rotatable bonds is 6. The Hall–Kier alpha value is -0.0400. The Morgan fingerprint density at radius 3 is 2.00 bits per heavy atom. The highest BCUT2D eigenvalue weighted by atomic mass is 14.8. The minimum atomic E-state index is 0.530. The Bertz CT molecular complexity index is 106. The Morgan fingerprint density at radius 2 is 1.67 bits per heavy atom. The summed E-state index contributed by atoms with van der Waals surface area (Å²) >= 11 is 0. The van der Waals surface area contributed by atoms with Gasteiger partial charge in [0, 0.05) is 0 Å². The molecule has 0 aliphatic rings. The van der Waals surface area contributed by atoms with Gasteiger partial charge < -0.3 is 5.32 Å². The summed E-state index contributed by atoms with van der Waals surface area (Å²) < 4.78 is 0. The van der Waals surface area contributed by atoms with Crippen molar-refractivity contribution in [3.63, 3.8) is 0 Å². The van der Waals surface area contributed by atoms with Crippen LogP contribution in [0.3, 0.4) is 0 Å². The third-order valence-corrected chi connectivity index (χ3v) is 3.51. The molecular weight excluding hydrogens is 146 g/mol. The maximum Gasteiger partial charge on any atom is -0.00181 e. The van der Waals surface area contributed by atoms with Crippen molar-refractivity contribution in [3.05, 3.63) is 0 Å². The minimum absolute atomic E-state index is 0.530. The zero-order valence-electron chi connectivity index (χ0n) is 9.41. The molecule has 0 aliphatic carbocycles. The van der Waals surface area contributed by atoms with Crippen molar-refractivity contribution in [2.24, 2.45) is 11.3 Å². The summed E-state index contributed by atoms with van der Waals surface area (Å²) in [4.78, 5) is 0. The quantitative estimate of drug-likeness (QED) is 0.647. The Balaban J connectivity index is 3.93. The predicted octanol–water partition coefficient (Wildman–Crippen LogP) is 3.06. The van der Waals surface area contributed by atoms with E-state index in [1.165, 1.54) is 12.8 Å². The molecule has 0 spiro atoms. The number of nitrogens with one attached hydrogen (secondary N) is 1. The molecule has 0 amide bonds. The van der Waals surface area contributed by atoms with E-state index in [-0.39, 0.29) is 0 Å². The molecule has 0 aromatic heterocycles. The highest BCUT2D eigenvalue weighted by molar-refractivity contribution is 4.78. The van der Waals surface area contributed by atoms with Crippen LogP contribution in [0.15, 0.2) is 0 Å². The van der Waals surface area contributed by atoms with Gasteiger partial charge >= 0.3 is 0 Å². The second kappa shape index (κ2) is 5.58. The normalized spacial score (nSPS) is 14.8. The standard InChI is InChI=1S/C11H25N/c1-6-11(5,7-2)10(4)9-12-8-3/h10,12H,6-9H2,1-5H3. The predicted molar refractivity (Wildman–Crippen MR) is 56.4 cm³/mol. The molecule has 1 nitrogen and oxygen atoms in total. The minimum Gasteiger partial charge on any atom is -0.317 e. The monoisotopic (exact) mass is 171 g/mol. The van der Waals surface area contributed by atoms with Gasteiger partial charge in [-0.3, -0.25) is 0 Å². The first-order chi connectivity index (χ1) is 5.60. The maximum atomic E-state index is 3.42. The van der Waals surface area contributed by atoms with Crippen LogP contribution >= 0.6 is 0 Å². The molecule has 1 N–H and O–H groups in total.